The fourth-order valence-electron chi connectivity index (χ4n) is 9.50. The van der Waals surface area contributed by atoms with Crippen molar-refractivity contribution in [2.75, 3.05) is 35.0 Å². The van der Waals surface area contributed by atoms with Crippen LogP contribution in [-0.4, -0.2) is 78.9 Å². The van der Waals surface area contributed by atoms with Crippen molar-refractivity contribution in [2.45, 2.75) is 31.4 Å². The van der Waals surface area contributed by atoms with Crippen molar-refractivity contribution in [3.05, 3.63) is 221 Å². The molecule has 0 N–H and O–H groups in total. The summed E-state index contributed by atoms with van der Waals surface area (Å²) in [7, 11) is 5.07. The summed E-state index contributed by atoms with van der Waals surface area (Å²) < 4.78 is 35.1. The Balaban J connectivity index is 1.03. The number of aryl methyl sites for hydroxylation is 1. The molecule has 0 fully saturated rings. The summed E-state index contributed by atoms with van der Waals surface area (Å²) in [4.78, 5) is 56.1. The van der Waals surface area contributed by atoms with Gasteiger partial charge in [0.2, 0.25) is 0 Å². The molecular formula is C63H52N4O10. The van der Waals surface area contributed by atoms with Crippen LogP contribution >= 0.6 is 0 Å². The van der Waals surface area contributed by atoms with Gasteiger partial charge in [0.15, 0.2) is 5.60 Å². The Labute approximate surface area is 444 Å². The van der Waals surface area contributed by atoms with Gasteiger partial charge >= 0.3 is 23.9 Å². The van der Waals surface area contributed by atoms with Crippen LogP contribution in [0, 0.1) is 0 Å². The van der Waals surface area contributed by atoms with Gasteiger partial charge in [0.1, 0.15) is 11.5 Å². The number of pyridine rings is 1. The van der Waals surface area contributed by atoms with Crippen LogP contribution in [0.4, 0.5) is 0 Å². The fourth-order valence-corrected chi connectivity index (χ4v) is 9.50. The summed E-state index contributed by atoms with van der Waals surface area (Å²) in [6, 6.07) is 56.6. The molecule has 14 nitrogen and oxygen atoms in total. The zero-order valence-electron chi connectivity index (χ0n) is 42.7. The van der Waals surface area contributed by atoms with E-state index in [4.69, 9.17) is 33.4 Å². The minimum Gasteiger partial charge on any atom is -0.494 e. The maximum atomic E-state index is 13.2. The molecular weight excluding hydrogens is 973 g/mol. The van der Waals surface area contributed by atoms with Gasteiger partial charge in [0, 0.05) is 41.4 Å². The highest BCUT2D eigenvalue weighted by Gasteiger charge is 2.39. The van der Waals surface area contributed by atoms with Crippen LogP contribution in [0.3, 0.4) is 0 Å². The van der Waals surface area contributed by atoms with E-state index in [-0.39, 0.29) is 41.0 Å². The summed E-state index contributed by atoms with van der Waals surface area (Å²) in [6.45, 7) is 0.762. The predicted octanol–water partition coefficient (Wildman–Crippen LogP) is 11.9. The number of hydrogen-bond acceptors (Lipinski definition) is 13. The molecule has 8 aliphatic rings. The van der Waals surface area contributed by atoms with E-state index in [1.807, 2.05) is 60.8 Å². The minimum atomic E-state index is -1.36. The number of hydrogen-bond donors (Lipinski definition) is 0. The third-order valence-corrected chi connectivity index (χ3v) is 13.6. The molecule has 7 aromatic carbocycles. The summed E-state index contributed by atoms with van der Waals surface area (Å²) >= 11 is 0. The smallest absolute Gasteiger partial charge is 0.338 e. The first-order valence-electron chi connectivity index (χ1n) is 24.9. The van der Waals surface area contributed by atoms with Gasteiger partial charge in [-0.1, -0.05) is 133 Å². The van der Waals surface area contributed by atoms with Crippen molar-refractivity contribution in [3.63, 3.8) is 0 Å². The van der Waals surface area contributed by atoms with Gasteiger partial charge in [-0.3, -0.25) is 4.68 Å². The van der Waals surface area contributed by atoms with Crippen LogP contribution in [0.1, 0.15) is 71.1 Å². The maximum absolute atomic E-state index is 13.2. The van der Waals surface area contributed by atoms with Crippen LogP contribution in [0.15, 0.2) is 182 Å². The van der Waals surface area contributed by atoms with Crippen LogP contribution < -0.4 is 9.47 Å². The van der Waals surface area contributed by atoms with Crippen molar-refractivity contribution in [2.24, 2.45) is 0 Å². The number of esters is 4. The van der Waals surface area contributed by atoms with E-state index in [9.17, 15) is 19.2 Å². The molecule has 384 valence electrons. The number of nitrogens with zero attached hydrogens (tertiary/aromatic N) is 4. The van der Waals surface area contributed by atoms with E-state index in [2.05, 4.69) is 95.2 Å². The maximum Gasteiger partial charge on any atom is 0.338 e. The van der Waals surface area contributed by atoms with E-state index in [1.54, 1.807) is 16.8 Å². The topological polar surface area (TPSA) is 167 Å². The van der Waals surface area contributed by atoms with Crippen molar-refractivity contribution < 1.29 is 47.6 Å². The number of aromatic nitrogens is 4. The molecule has 12 bridgehead atoms. The molecule has 0 radical (unpaired) electrons. The minimum absolute atomic E-state index is 0.0933. The number of carbonyl (C=O) groups excluding carboxylic acids is 4. The summed E-state index contributed by atoms with van der Waals surface area (Å²) in [5, 5.41) is 9.22. The lowest BCUT2D eigenvalue weighted by atomic mass is 9.81. The molecule has 17 rings (SSSR count). The van der Waals surface area contributed by atoms with Gasteiger partial charge in [0.25, 0.3) is 0 Å². The highest BCUT2D eigenvalue weighted by atomic mass is 16.5. The number of fused-ring (bicyclic) bond motifs is 1. The molecule has 2 aromatic heterocycles. The molecule has 9 aromatic rings. The summed E-state index contributed by atoms with van der Waals surface area (Å²) in [5.74, 6) is -2.02. The molecule has 8 aliphatic heterocycles. The third kappa shape index (κ3) is 11.1. The molecule has 0 spiro atoms. The quantitative estimate of drug-likeness (QED) is 0.0574. The third-order valence-electron chi connectivity index (χ3n) is 13.6. The summed E-state index contributed by atoms with van der Waals surface area (Å²) in [6.07, 6.45) is 3.26. The number of benzene rings is 7. The van der Waals surface area contributed by atoms with E-state index < -0.39 is 29.5 Å². The monoisotopic (exact) mass is 1020 g/mol. The highest BCUT2D eigenvalue weighted by molar-refractivity contribution is 5.97. The molecule has 1 atom stereocenters. The molecule has 14 heteroatoms. The Hall–Kier alpha value is -9.69. The van der Waals surface area contributed by atoms with Crippen LogP contribution in [0.2, 0.25) is 0 Å². The normalized spacial score (nSPS) is 13.2. The molecule has 77 heavy (non-hydrogen) atoms. The average Bonchev–Trinajstić information content (AvgIpc) is 3.96. The molecule has 0 saturated carbocycles. The van der Waals surface area contributed by atoms with Gasteiger partial charge in [-0.05, 0) is 94.8 Å². The molecule has 0 aliphatic carbocycles. The number of ether oxygens (including phenoxy) is 6. The van der Waals surface area contributed by atoms with E-state index >= 15 is 0 Å². The van der Waals surface area contributed by atoms with E-state index in [1.165, 1.54) is 52.7 Å². The van der Waals surface area contributed by atoms with E-state index in [0.29, 0.717) is 30.8 Å². The first-order valence-corrected chi connectivity index (χ1v) is 24.9. The van der Waals surface area contributed by atoms with Crippen molar-refractivity contribution in [1.82, 2.24) is 20.0 Å². The lowest BCUT2D eigenvalue weighted by molar-refractivity contribution is 0.0579. The average molecular weight is 1030 g/mol. The lowest BCUT2D eigenvalue weighted by Crippen LogP contribution is -2.37. The van der Waals surface area contributed by atoms with Gasteiger partial charge in [-0.15, -0.1) is 5.10 Å². The Morgan fingerprint density at radius 2 is 0.831 bits per heavy atom. The lowest BCUT2D eigenvalue weighted by Gasteiger charge is -2.36. The Kier molecular flexibility index (Phi) is 14.8. The van der Waals surface area contributed by atoms with Crippen LogP contribution in [-0.2, 0) is 37.5 Å². The number of carbonyl (C=O) groups is 4. The van der Waals surface area contributed by atoms with Crippen molar-refractivity contribution >= 4 is 23.9 Å². The molecule has 1 unspecified atom stereocenters. The zero-order valence-corrected chi connectivity index (χ0v) is 42.7. The second-order valence-electron chi connectivity index (χ2n) is 18.4. The first kappa shape index (κ1) is 50.8. The summed E-state index contributed by atoms with van der Waals surface area (Å²) in [5.41, 5.74) is 11.1. The Morgan fingerprint density at radius 3 is 1.23 bits per heavy atom. The number of unbranched alkanes of at least 4 members (excludes halogenated alkanes) is 1. The zero-order chi connectivity index (χ0) is 53.5. The number of methoxy groups -OCH3 is 4. The van der Waals surface area contributed by atoms with Crippen LogP contribution in [0.5, 0.6) is 11.5 Å². The van der Waals surface area contributed by atoms with Crippen molar-refractivity contribution in [1.29, 1.82) is 0 Å². The molecule has 10 heterocycles. The first-order chi connectivity index (χ1) is 37.5. The Morgan fingerprint density at radius 1 is 0.455 bits per heavy atom. The van der Waals surface area contributed by atoms with Gasteiger partial charge in [-0.25, -0.2) is 24.2 Å². The van der Waals surface area contributed by atoms with Crippen molar-refractivity contribution in [3.8, 4) is 67.4 Å². The largest absolute Gasteiger partial charge is 0.494 e. The fraction of sp³-hybridized carbons (Fsp3) is 0.159. The van der Waals surface area contributed by atoms with Gasteiger partial charge in [-0.2, -0.15) is 0 Å². The molecule has 0 amide bonds. The standard InChI is InChI=1S/C63H52N4O10/c1-72-59(68)48-32-49(60(69)73-2)35-55(34-48)76-31-6-5-30-67-39-54(65-66-67)38-63(77-56-36-50(61(70)74-3)33-51(37-56)62(71)75-4)52-26-22-44(23-27-52)41-12-10-40(11-13-41)42-14-18-46(19-15-42)57-8-7-9-58(64-57)47-20-16-43(17-21-47)45-24-28-53(63)29-25-45/h7-29,32-37,39H,5-6,30-31,38H2,1-4H3. The second-order valence-corrected chi connectivity index (χ2v) is 18.4. The van der Waals surface area contributed by atoms with E-state index in [0.717, 1.165) is 67.0 Å². The van der Waals surface area contributed by atoms with Gasteiger partial charge < -0.3 is 28.4 Å². The second kappa shape index (κ2) is 22.4. The molecule has 0 saturated heterocycles. The highest BCUT2D eigenvalue weighted by Crippen LogP contribution is 2.41. The SMILES string of the molecule is COC(=O)c1cc(OCCCCn2cc(CC3(Oc4cc(C(=O)OC)cc(C(=O)OC)c4)c4ccc(cc4)-c4ccc(cc4)-c4ccc(cc4)-c4cccc(n4)-c4ccc(cc4)-c4ccc3cc4)nn2)cc(C(=O)OC)c1. The van der Waals surface area contributed by atoms with Crippen LogP contribution in [0.25, 0.3) is 55.9 Å². The number of rotatable bonds is 14. The predicted molar refractivity (Wildman–Crippen MR) is 290 cm³/mol. The Bertz CT molecular complexity index is 3550. The van der Waals surface area contributed by atoms with Gasteiger partial charge in [0.05, 0.1) is 74.4 Å².